The Bertz CT molecular complexity index is 1360. The molecule has 9 heteroatoms. The van der Waals surface area contributed by atoms with Crippen LogP contribution in [0.1, 0.15) is 42.6 Å². The van der Waals surface area contributed by atoms with Crippen molar-refractivity contribution < 1.29 is 14.6 Å². The van der Waals surface area contributed by atoms with Crippen molar-refractivity contribution in [2.45, 2.75) is 38.3 Å². The third-order valence-corrected chi connectivity index (χ3v) is 6.78. The number of hydrogen-bond donors (Lipinski definition) is 5. The molecule has 4 rings (SSSR count). The predicted molar refractivity (Wildman–Crippen MR) is 157 cm³/mol. The molecule has 0 saturated carbocycles. The van der Waals surface area contributed by atoms with Gasteiger partial charge in [0.25, 0.3) is 5.91 Å². The Morgan fingerprint density at radius 1 is 1.15 bits per heavy atom. The number of nitrogens with one attached hydrogen (secondary N) is 4. The van der Waals surface area contributed by atoms with E-state index >= 15 is 0 Å². The average Bonchev–Trinajstić information content (AvgIpc) is 2.91. The minimum Gasteiger partial charge on any atom is -0.495 e. The summed E-state index contributed by atoms with van der Waals surface area (Å²) in [5, 5.41) is 29.2. The van der Waals surface area contributed by atoms with Gasteiger partial charge in [-0.2, -0.15) is 0 Å². The van der Waals surface area contributed by atoms with E-state index in [-0.39, 0.29) is 11.9 Å². The first-order chi connectivity index (χ1) is 18.6. The third-order valence-electron chi connectivity index (χ3n) is 6.78. The molecule has 0 unspecified atom stereocenters. The van der Waals surface area contributed by atoms with Gasteiger partial charge in [0.15, 0.2) is 0 Å². The van der Waals surface area contributed by atoms with Gasteiger partial charge in [-0.1, -0.05) is 12.1 Å². The van der Waals surface area contributed by atoms with Crippen molar-refractivity contribution in [1.29, 1.82) is 5.41 Å². The molecule has 2 heterocycles. The van der Waals surface area contributed by atoms with E-state index in [1.54, 1.807) is 45.5 Å². The summed E-state index contributed by atoms with van der Waals surface area (Å²) in [6.45, 7) is 5.79. The predicted octanol–water partition coefficient (Wildman–Crippen LogP) is 4.16. The molecule has 1 saturated heterocycles. The molecule has 1 aliphatic heterocycles. The van der Waals surface area contributed by atoms with Crippen molar-refractivity contribution in [3.63, 3.8) is 0 Å². The molecule has 0 atom stereocenters. The SMILES string of the molecule is COc1cc(C(=O)NC2CCN(C)CC2)ccc1Nc1cc2cc(/C(C=N)=C/NCC(C)(C)O)ccc2cn1. The Morgan fingerprint density at radius 3 is 2.59 bits per heavy atom. The molecule has 1 amide bonds. The van der Waals surface area contributed by atoms with Crippen LogP contribution >= 0.6 is 0 Å². The zero-order chi connectivity index (χ0) is 28.0. The normalized spacial score (nSPS) is 15.2. The van der Waals surface area contributed by atoms with Crippen molar-refractivity contribution in [1.82, 2.24) is 20.5 Å². The molecule has 3 aromatic rings. The van der Waals surface area contributed by atoms with Gasteiger partial charge in [0.2, 0.25) is 0 Å². The molecule has 0 aliphatic carbocycles. The smallest absolute Gasteiger partial charge is 0.251 e. The maximum Gasteiger partial charge on any atom is 0.251 e. The van der Waals surface area contributed by atoms with Gasteiger partial charge in [-0.25, -0.2) is 4.98 Å². The highest BCUT2D eigenvalue weighted by Crippen LogP contribution is 2.30. The highest BCUT2D eigenvalue weighted by molar-refractivity contribution is 6.09. The van der Waals surface area contributed by atoms with Crippen LogP contribution in [-0.2, 0) is 0 Å². The van der Waals surface area contributed by atoms with Gasteiger partial charge in [-0.3, -0.25) is 4.79 Å². The lowest BCUT2D eigenvalue weighted by molar-refractivity contribution is 0.0835. The van der Waals surface area contributed by atoms with Crippen molar-refractivity contribution in [3.05, 3.63) is 66.0 Å². The molecule has 1 aliphatic rings. The lowest BCUT2D eigenvalue weighted by Gasteiger charge is -2.29. The highest BCUT2D eigenvalue weighted by atomic mass is 16.5. The summed E-state index contributed by atoms with van der Waals surface area (Å²) in [7, 11) is 3.68. The van der Waals surface area contributed by atoms with E-state index in [4.69, 9.17) is 10.1 Å². The van der Waals surface area contributed by atoms with Crippen LogP contribution in [0.15, 0.2) is 54.9 Å². The van der Waals surface area contributed by atoms with Crippen LogP contribution < -0.4 is 20.7 Å². The summed E-state index contributed by atoms with van der Waals surface area (Å²) in [6.07, 6.45) is 6.71. The second kappa shape index (κ2) is 12.3. The van der Waals surface area contributed by atoms with E-state index in [1.807, 2.05) is 30.3 Å². The fourth-order valence-corrected chi connectivity index (χ4v) is 4.50. The summed E-state index contributed by atoms with van der Waals surface area (Å²) in [4.78, 5) is 19.7. The molecule has 39 heavy (non-hydrogen) atoms. The van der Waals surface area contributed by atoms with Crippen molar-refractivity contribution in [2.75, 3.05) is 39.1 Å². The van der Waals surface area contributed by atoms with E-state index in [9.17, 15) is 9.90 Å². The number of carbonyl (C=O) groups is 1. The summed E-state index contributed by atoms with van der Waals surface area (Å²) < 4.78 is 5.59. The Kier molecular flexibility index (Phi) is 8.83. The molecule has 0 spiro atoms. The van der Waals surface area contributed by atoms with E-state index in [0.29, 0.717) is 34.9 Å². The molecule has 5 N–H and O–H groups in total. The number of hydrogen-bond acceptors (Lipinski definition) is 8. The average molecular weight is 531 g/mol. The van der Waals surface area contributed by atoms with Crippen molar-refractivity contribution >= 4 is 40.0 Å². The Morgan fingerprint density at radius 2 is 1.90 bits per heavy atom. The first-order valence-electron chi connectivity index (χ1n) is 13.2. The number of carbonyl (C=O) groups excluding carboxylic acids is 1. The van der Waals surface area contributed by atoms with Gasteiger partial charge < -0.3 is 36.1 Å². The molecule has 1 aromatic heterocycles. The van der Waals surface area contributed by atoms with Gasteiger partial charge in [0, 0.05) is 47.7 Å². The standard InChI is InChI=1S/C30H38N6O3/c1-30(2,38)19-32-17-24(16-31)20-5-6-22-18-33-28(15-23(22)13-20)35-26-8-7-21(14-27(26)39-4)29(37)34-25-9-11-36(3)12-10-25/h5-8,13-18,25,31-32,38H,9-12,19H2,1-4H3,(H,33,35)(H,34,37)/b24-17+,31-16?. The van der Waals surface area contributed by atoms with E-state index in [1.165, 1.54) is 6.21 Å². The van der Waals surface area contributed by atoms with Gasteiger partial charge in [0.05, 0.1) is 18.4 Å². The topological polar surface area (TPSA) is 123 Å². The molecular weight excluding hydrogens is 492 g/mol. The monoisotopic (exact) mass is 530 g/mol. The number of aliphatic hydroxyl groups is 1. The molecule has 1 fully saturated rings. The number of amides is 1. The minimum absolute atomic E-state index is 0.0992. The number of nitrogens with zero attached hydrogens (tertiary/aromatic N) is 2. The molecule has 0 radical (unpaired) electrons. The maximum absolute atomic E-state index is 12.9. The maximum atomic E-state index is 12.9. The second-order valence-electron chi connectivity index (χ2n) is 10.7. The van der Waals surface area contributed by atoms with Gasteiger partial charge in [-0.15, -0.1) is 0 Å². The van der Waals surface area contributed by atoms with E-state index in [0.717, 1.165) is 42.3 Å². The zero-order valence-electron chi connectivity index (χ0n) is 23.0. The van der Waals surface area contributed by atoms with Gasteiger partial charge >= 0.3 is 0 Å². The molecule has 9 nitrogen and oxygen atoms in total. The van der Waals surface area contributed by atoms with E-state index < -0.39 is 5.60 Å². The largest absolute Gasteiger partial charge is 0.495 e. The zero-order valence-corrected chi connectivity index (χ0v) is 23.0. The first kappa shape index (κ1) is 28.1. The summed E-state index contributed by atoms with van der Waals surface area (Å²) in [5.41, 5.74) is 1.97. The second-order valence-corrected chi connectivity index (χ2v) is 10.7. The van der Waals surface area contributed by atoms with Crippen LogP contribution in [0, 0.1) is 5.41 Å². The fraction of sp³-hybridized carbons (Fsp3) is 0.367. The van der Waals surface area contributed by atoms with Gasteiger partial charge in [0.1, 0.15) is 11.6 Å². The van der Waals surface area contributed by atoms with Crippen LogP contribution in [0.2, 0.25) is 0 Å². The minimum atomic E-state index is -0.852. The van der Waals surface area contributed by atoms with Crippen LogP contribution in [0.5, 0.6) is 5.75 Å². The number of methoxy groups -OCH3 is 1. The van der Waals surface area contributed by atoms with Crippen LogP contribution in [0.4, 0.5) is 11.5 Å². The molecule has 206 valence electrons. The fourth-order valence-electron chi connectivity index (χ4n) is 4.50. The lowest BCUT2D eigenvalue weighted by Crippen LogP contribution is -2.43. The first-order valence-corrected chi connectivity index (χ1v) is 13.2. The number of anilines is 2. The van der Waals surface area contributed by atoms with Crippen LogP contribution in [-0.4, -0.2) is 72.5 Å². The van der Waals surface area contributed by atoms with Crippen molar-refractivity contribution in [3.8, 4) is 5.75 Å². The van der Waals surface area contributed by atoms with Crippen LogP contribution in [0.25, 0.3) is 16.3 Å². The summed E-state index contributed by atoms with van der Waals surface area (Å²) in [5.74, 6) is 1.08. The lowest BCUT2D eigenvalue weighted by atomic mass is 10.0. The Balaban J connectivity index is 1.50. The van der Waals surface area contributed by atoms with Crippen LogP contribution in [0.3, 0.4) is 0 Å². The van der Waals surface area contributed by atoms with E-state index in [2.05, 4.69) is 32.9 Å². The summed E-state index contributed by atoms with van der Waals surface area (Å²) >= 11 is 0. The number of allylic oxidation sites excluding steroid dienone is 1. The number of pyridine rings is 1. The van der Waals surface area contributed by atoms with Crippen molar-refractivity contribution in [2.24, 2.45) is 0 Å². The highest BCUT2D eigenvalue weighted by Gasteiger charge is 2.20. The number of likely N-dealkylation sites (tertiary alicyclic amines) is 1. The molecule has 0 bridgehead atoms. The number of fused-ring (bicyclic) bond motifs is 1. The molecular formula is C30H38N6O3. The van der Waals surface area contributed by atoms with Gasteiger partial charge in [-0.05, 0) is 88.1 Å². The number of aromatic nitrogens is 1. The molecule has 2 aromatic carbocycles. The third kappa shape index (κ3) is 7.55. The Labute approximate surface area is 229 Å². The Hall–Kier alpha value is -3.95. The number of ether oxygens (including phenoxy) is 1. The quantitative estimate of drug-likeness (QED) is 0.250. The number of benzene rings is 2. The number of rotatable bonds is 10. The number of piperidine rings is 1. The summed E-state index contributed by atoms with van der Waals surface area (Å²) in [6, 6.07) is 13.4.